The molecule has 0 aliphatic carbocycles. The Balaban J connectivity index is 2.30. The molecule has 0 atom stereocenters. The summed E-state index contributed by atoms with van der Waals surface area (Å²) in [5, 5.41) is 1.18. The molecular formula is C15H21N3O. The minimum absolute atomic E-state index is 0.0552. The summed E-state index contributed by atoms with van der Waals surface area (Å²) in [5.74, 6) is -0.0552. The summed E-state index contributed by atoms with van der Waals surface area (Å²) < 4.78 is 2.08. The molecule has 19 heavy (non-hydrogen) atoms. The Morgan fingerprint density at radius 3 is 2.63 bits per heavy atom. The van der Waals surface area contributed by atoms with Crippen LogP contribution in [0.3, 0.4) is 0 Å². The smallest absolute Gasteiger partial charge is 0.242 e. The highest BCUT2D eigenvalue weighted by molar-refractivity contribution is 5.87. The molecule has 4 heteroatoms. The van der Waals surface area contributed by atoms with Gasteiger partial charge in [0.05, 0.1) is 5.54 Å². The highest BCUT2D eigenvalue weighted by Crippen LogP contribution is 2.21. The largest absolute Gasteiger partial charge is 0.350 e. The molecule has 2 aromatic rings. The second-order valence-corrected chi connectivity index (χ2v) is 5.67. The summed E-state index contributed by atoms with van der Waals surface area (Å²) >= 11 is 0. The van der Waals surface area contributed by atoms with Gasteiger partial charge in [0.25, 0.3) is 0 Å². The predicted octanol–water partition coefficient (Wildman–Crippen LogP) is 1.87. The summed E-state index contributed by atoms with van der Waals surface area (Å²) in [4.78, 5) is 13.8. The van der Waals surface area contributed by atoms with Gasteiger partial charge in [-0.2, -0.15) is 0 Å². The molecule has 0 aliphatic heterocycles. The lowest BCUT2D eigenvalue weighted by Gasteiger charge is -2.25. The van der Waals surface area contributed by atoms with Gasteiger partial charge in [-0.25, -0.2) is 0 Å². The predicted molar refractivity (Wildman–Crippen MR) is 77.7 cm³/mol. The van der Waals surface area contributed by atoms with Crippen LogP contribution in [0.2, 0.25) is 0 Å². The number of para-hydroxylation sites is 1. The highest BCUT2D eigenvalue weighted by atomic mass is 16.2. The topological polar surface area (TPSA) is 51.3 Å². The van der Waals surface area contributed by atoms with Crippen molar-refractivity contribution in [2.75, 3.05) is 7.05 Å². The number of nitrogens with two attached hydrogens (primary N) is 1. The van der Waals surface area contributed by atoms with Gasteiger partial charge in [0.2, 0.25) is 5.91 Å². The molecule has 0 saturated carbocycles. The minimum Gasteiger partial charge on any atom is -0.350 e. The maximum atomic E-state index is 12.1. The van der Waals surface area contributed by atoms with Gasteiger partial charge in [0.15, 0.2) is 0 Å². The Hall–Kier alpha value is -1.81. The van der Waals surface area contributed by atoms with Crippen molar-refractivity contribution in [3.63, 3.8) is 0 Å². The zero-order chi connectivity index (χ0) is 14.2. The van der Waals surface area contributed by atoms with Crippen LogP contribution >= 0.6 is 0 Å². The van der Waals surface area contributed by atoms with Crippen molar-refractivity contribution in [1.82, 2.24) is 9.47 Å². The van der Waals surface area contributed by atoms with E-state index in [4.69, 9.17) is 5.73 Å². The van der Waals surface area contributed by atoms with Crippen molar-refractivity contribution in [3.8, 4) is 0 Å². The van der Waals surface area contributed by atoms with Crippen molar-refractivity contribution in [2.45, 2.75) is 25.9 Å². The standard InChI is InChI=1S/C15H21N3O/c1-15(2,16)14(19)18(4)10-11-9-17(3)13-8-6-5-7-12(11)13/h5-9H,10,16H2,1-4H3. The third-order valence-electron chi connectivity index (χ3n) is 3.28. The Morgan fingerprint density at radius 1 is 1.37 bits per heavy atom. The van der Waals surface area contributed by atoms with E-state index in [0.29, 0.717) is 6.54 Å². The van der Waals surface area contributed by atoms with Crippen LogP contribution in [0.1, 0.15) is 19.4 Å². The monoisotopic (exact) mass is 259 g/mol. The number of carbonyl (C=O) groups excluding carboxylic acids is 1. The zero-order valence-corrected chi connectivity index (χ0v) is 12.0. The number of hydrogen-bond donors (Lipinski definition) is 1. The Morgan fingerprint density at radius 2 is 2.00 bits per heavy atom. The lowest BCUT2D eigenvalue weighted by molar-refractivity contribution is -0.134. The molecule has 0 radical (unpaired) electrons. The van der Waals surface area contributed by atoms with Gasteiger partial charge >= 0.3 is 0 Å². The van der Waals surface area contributed by atoms with Gasteiger partial charge in [-0.05, 0) is 25.5 Å². The van der Waals surface area contributed by atoms with Gasteiger partial charge in [-0.15, -0.1) is 0 Å². The number of hydrogen-bond acceptors (Lipinski definition) is 2. The first kappa shape index (κ1) is 13.6. The summed E-state index contributed by atoms with van der Waals surface area (Å²) in [6.07, 6.45) is 2.07. The molecule has 1 aromatic carbocycles. The molecular weight excluding hydrogens is 238 g/mol. The molecule has 0 unspecified atom stereocenters. The molecule has 1 heterocycles. The molecule has 0 aliphatic rings. The van der Waals surface area contributed by atoms with Crippen LogP contribution in [0, 0.1) is 0 Å². The van der Waals surface area contributed by atoms with Crippen LogP contribution in [-0.2, 0) is 18.4 Å². The lowest BCUT2D eigenvalue weighted by Crippen LogP contribution is -2.49. The van der Waals surface area contributed by atoms with Crippen molar-refractivity contribution in [2.24, 2.45) is 12.8 Å². The number of aromatic nitrogens is 1. The molecule has 1 amide bonds. The van der Waals surface area contributed by atoms with E-state index < -0.39 is 5.54 Å². The van der Waals surface area contributed by atoms with E-state index in [1.54, 1.807) is 25.8 Å². The molecule has 0 bridgehead atoms. The molecule has 2 rings (SSSR count). The molecule has 0 saturated heterocycles. The normalized spacial score (nSPS) is 11.8. The van der Waals surface area contributed by atoms with Crippen LogP contribution in [0.5, 0.6) is 0 Å². The number of carbonyl (C=O) groups is 1. The summed E-state index contributed by atoms with van der Waals surface area (Å²) in [6, 6.07) is 8.19. The first-order valence-electron chi connectivity index (χ1n) is 6.38. The number of rotatable bonds is 3. The first-order valence-corrected chi connectivity index (χ1v) is 6.38. The minimum atomic E-state index is -0.834. The summed E-state index contributed by atoms with van der Waals surface area (Å²) in [7, 11) is 3.80. The molecule has 0 spiro atoms. The van der Waals surface area contributed by atoms with Crippen molar-refractivity contribution >= 4 is 16.8 Å². The van der Waals surface area contributed by atoms with Crippen LogP contribution in [0.25, 0.3) is 10.9 Å². The summed E-state index contributed by atoms with van der Waals surface area (Å²) in [5.41, 5.74) is 7.33. The van der Waals surface area contributed by atoms with Gasteiger partial charge in [-0.1, -0.05) is 18.2 Å². The fraction of sp³-hybridized carbons (Fsp3) is 0.400. The van der Waals surface area contributed by atoms with Crippen LogP contribution in [-0.4, -0.2) is 28.0 Å². The SMILES string of the molecule is CN(Cc1cn(C)c2ccccc12)C(=O)C(C)(C)N. The quantitative estimate of drug-likeness (QED) is 0.915. The van der Waals surface area contributed by atoms with Crippen molar-refractivity contribution in [3.05, 3.63) is 36.0 Å². The Labute approximate surface area is 113 Å². The Kier molecular flexibility index (Phi) is 3.37. The molecule has 0 fully saturated rings. The molecule has 1 aromatic heterocycles. The van der Waals surface area contributed by atoms with E-state index in [9.17, 15) is 4.79 Å². The molecule has 4 nitrogen and oxygen atoms in total. The maximum absolute atomic E-state index is 12.1. The number of nitrogens with zero attached hydrogens (tertiary/aromatic N) is 2. The van der Waals surface area contributed by atoms with Crippen molar-refractivity contribution in [1.29, 1.82) is 0 Å². The number of amides is 1. The zero-order valence-electron chi connectivity index (χ0n) is 12.0. The Bertz CT molecular complexity index is 607. The number of benzene rings is 1. The summed E-state index contributed by atoms with van der Waals surface area (Å²) in [6.45, 7) is 4.03. The highest BCUT2D eigenvalue weighted by Gasteiger charge is 2.26. The van der Waals surface area contributed by atoms with Crippen LogP contribution in [0.4, 0.5) is 0 Å². The van der Waals surface area contributed by atoms with E-state index in [1.807, 2.05) is 19.2 Å². The molecule has 2 N–H and O–H groups in total. The van der Waals surface area contributed by atoms with E-state index in [0.717, 1.165) is 5.56 Å². The van der Waals surface area contributed by atoms with E-state index in [1.165, 1.54) is 10.9 Å². The third-order valence-corrected chi connectivity index (χ3v) is 3.28. The third kappa shape index (κ3) is 2.63. The number of aryl methyl sites for hydroxylation is 1. The van der Waals surface area contributed by atoms with Gasteiger partial charge in [0.1, 0.15) is 0 Å². The second-order valence-electron chi connectivity index (χ2n) is 5.67. The second kappa shape index (κ2) is 4.70. The maximum Gasteiger partial charge on any atom is 0.242 e. The van der Waals surface area contributed by atoms with E-state index in [-0.39, 0.29) is 5.91 Å². The fourth-order valence-corrected chi connectivity index (χ4v) is 2.37. The van der Waals surface area contributed by atoms with Crippen LogP contribution < -0.4 is 5.73 Å². The van der Waals surface area contributed by atoms with E-state index >= 15 is 0 Å². The average molecular weight is 259 g/mol. The number of fused-ring (bicyclic) bond motifs is 1. The van der Waals surface area contributed by atoms with Gasteiger partial charge in [-0.3, -0.25) is 4.79 Å². The van der Waals surface area contributed by atoms with Crippen molar-refractivity contribution < 1.29 is 4.79 Å². The lowest BCUT2D eigenvalue weighted by atomic mass is 10.1. The van der Waals surface area contributed by atoms with E-state index in [2.05, 4.69) is 22.9 Å². The van der Waals surface area contributed by atoms with Gasteiger partial charge < -0.3 is 15.2 Å². The fourth-order valence-electron chi connectivity index (χ4n) is 2.37. The number of likely N-dealkylation sites (N-methyl/N-ethyl adjacent to an activating group) is 1. The molecule has 102 valence electrons. The van der Waals surface area contributed by atoms with Crippen LogP contribution in [0.15, 0.2) is 30.5 Å². The first-order chi connectivity index (χ1) is 8.80. The van der Waals surface area contributed by atoms with Gasteiger partial charge in [0, 0.05) is 37.7 Å². The average Bonchev–Trinajstić information content (AvgIpc) is 2.65.